The summed E-state index contributed by atoms with van der Waals surface area (Å²) in [7, 11) is 0. The van der Waals surface area contributed by atoms with Crippen molar-refractivity contribution >= 4 is 22.8 Å². The van der Waals surface area contributed by atoms with Crippen LogP contribution in [0.5, 0.6) is 0 Å². The van der Waals surface area contributed by atoms with Crippen LogP contribution in [0.1, 0.15) is 132 Å². The molecule has 0 bridgehead atoms. The Kier molecular flexibility index (Phi) is 13.5. The monoisotopic (exact) mass is 551 g/mol. The van der Waals surface area contributed by atoms with Crippen molar-refractivity contribution < 1.29 is 0 Å². The minimum absolute atomic E-state index is 0.937. The summed E-state index contributed by atoms with van der Waals surface area (Å²) in [5.74, 6) is 0. The molecule has 0 saturated heterocycles. The van der Waals surface area contributed by atoms with Gasteiger partial charge in [0.15, 0.2) is 0 Å². The second kappa shape index (κ2) is 17.0. The molecule has 0 amide bonds. The highest BCUT2D eigenvalue weighted by atomic mass is 14.8. The molecule has 3 aromatic rings. The molecule has 3 heteroatoms. The number of hydrogen-bond acceptors (Lipinski definition) is 3. The third kappa shape index (κ3) is 9.48. The van der Waals surface area contributed by atoms with E-state index < -0.39 is 0 Å². The number of hydrogen-bond donors (Lipinski definition) is 0. The molecule has 0 saturated carbocycles. The lowest BCUT2D eigenvalue weighted by Crippen LogP contribution is -2.07. The molecular formula is C38H53N3. The Morgan fingerprint density at radius 3 is 1.17 bits per heavy atom. The summed E-state index contributed by atoms with van der Waals surface area (Å²) in [6, 6.07) is 17.8. The van der Waals surface area contributed by atoms with Gasteiger partial charge in [0.05, 0.1) is 34.2 Å². The van der Waals surface area contributed by atoms with Gasteiger partial charge in [0, 0.05) is 0 Å². The maximum absolute atomic E-state index is 5.27. The summed E-state index contributed by atoms with van der Waals surface area (Å²) in [5.41, 5.74) is 12.7. The van der Waals surface area contributed by atoms with Crippen LogP contribution in [-0.2, 0) is 25.7 Å². The number of nitrogens with zero attached hydrogens (tertiary/aromatic N) is 3. The van der Waals surface area contributed by atoms with E-state index in [0.29, 0.717) is 0 Å². The Balaban J connectivity index is 2.05. The number of aliphatic imine (C=N–C) groups is 2. The summed E-state index contributed by atoms with van der Waals surface area (Å²) in [5, 5.41) is 0. The van der Waals surface area contributed by atoms with E-state index in [-0.39, 0.29) is 0 Å². The van der Waals surface area contributed by atoms with E-state index in [1.807, 2.05) is 0 Å². The molecule has 0 unspecified atom stereocenters. The van der Waals surface area contributed by atoms with Gasteiger partial charge in [-0.2, -0.15) is 0 Å². The van der Waals surface area contributed by atoms with Gasteiger partial charge in [0.1, 0.15) is 0 Å². The molecule has 0 spiro atoms. The molecule has 0 N–H and O–H groups in total. The van der Waals surface area contributed by atoms with E-state index in [1.54, 1.807) is 0 Å². The molecule has 220 valence electrons. The quantitative estimate of drug-likeness (QED) is 0.163. The Morgan fingerprint density at radius 1 is 0.561 bits per heavy atom. The van der Waals surface area contributed by atoms with E-state index in [9.17, 15) is 0 Å². The van der Waals surface area contributed by atoms with Crippen LogP contribution in [0.3, 0.4) is 0 Å². The van der Waals surface area contributed by atoms with Crippen LogP contribution >= 0.6 is 0 Å². The average molecular weight is 552 g/mol. The molecule has 1 aromatic heterocycles. The van der Waals surface area contributed by atoms with E-state index in [0.717, 1.165) is 59.9 Å². The summed E-state index contributed by atoms with van der Waals surface area (Å²) in [4.78, 5) is 15.7. The van der Waals surface area contributed by atoms with Crippen LogP contribution in [0.25, 0.3) is 0 Å². The zero-order chi connectivity index (χ0) is 29.6. The predicted octanol–water partition coefficient (Wildman–Crippen LogP) is 11.0. The van der Waals surface area contributed by atoms with Crippen molar-refractivity contribution in [1.82, 2.24) is 4.98 Å². The van der Waals surface area contributed by atoms with E-state index in [1.165, 1.54) is 79.2 Å². The van der Waals surface area contributed by atoms with Gasteiger partial charge < -0.3 is 0 Å². The Morgan fingerprint density at radius 2 is 0.878 bits per heavy atom. The van der Waals surface area contributed by atoms with Crippen LogP contribution in [0.2, 0.25) is 0 Å². The van der Waals surface area contributed by atoms with Crippen LogP contribution < -0.4 is 0 Å². The molecule has 1 heterocycles. The van der Waals surface area contributed by atoms with Crippen LogP contribution in [0, 0.1) is 6.92 Å². The smallest absolute Gasteiger partial charge is 0.0852 e. The van der Waals surface area contributed by atoms with Gasteiger partial charge in [-0.1, -0.05) is 89.8 Å². The number of unbranched alkanes of at least 4 members (excludes halogenated alkanes) is 4. The number of rotatable bonds is 16. The maximum Gasteiger partial charge on any atom is 0.0852 e. The highest BCUT2D eigenvalue weighted by molar-refractivity contribution is 6.03. The van der Waals surface area contributed by atoms with Gasteiger partial charge >= 0.3 is 0 Å². The van der Waals surface area contributed by atoms with Crippen LogP contribution in [0.4, 0.5) is 11.4 Å². The first-order valence-corrected chi connectivity index (χ1v) is 16.2. The molecule has 0 aliphatic carbocycles. The lowest BCUT2D eigenvalue weighted by atomic mass is 9.98. The number of aromatic nitrogens is 1. The maximum atomic E-state index is 5.27. The molecule has 0 fully saturated rings. The third-order valence-corrected chi connectivity index (χ3v) is 7.88. The van der Waals surface area contributed by atoms with Gasteiger partial charge in [0.2, 0.25) is 0 Å². The van der Waals surface area contributed by atoms with Crippen molar-refractivity contribution in [2.45, 2.75) is 126 Å². The Hall–Kier alpha value is -3.07. The molecule has 3 rings (SSSR count). The molecule has 41 heavy (non-hydrogen) atoms. The van der Waals surface area contributed by atoms with Crippen molar-refractivity contribution in [2.75, 3.05) is 0 Å². The highest BCUT2D eigenvalue weighted by Gasteiger charge is 2.13. The second-order valence-electron chi connectivity index (χ2n) is 11.6. The second-order valence-corrected chi connectivity index (χ2v) is 11.6. The molecule has 0 atom stereocenters. The molecule has 0 aliphatic heterocycles. The SMILES string of the molecule is CCCCc1cccc(CCCC)c1N=C(C)c1cc(C)cc(C(C)=Nc2c(CCCC)cccc2CCCC)n1. The zero-order valence-electron chi connectivity index (χ0n) is 26.9. The van der Waals surface area contributed by atoms with Gasteiger partial charge in [-0.15, -0.1) is 0 Å². The van der Waals surface area contributed by atoms with Crippen molar-refractivity contribution in [3.8, 4) is 0 Å². The predicted molar refractivity (Wildman–Crippen MR) is 180 cm³/mol. The zero-order valence-corrected chi connectivity index (χ0v) is 26.9. The van der Waals surface area contributed by atoms with Crippen LogP contribution in [0.15, 0.2) is 58.5 Å². The van der Waals surface area contributed by atoms with Crippen molar-refractivity contribution in [3.05, 3.63) is 87.7 Å². The van der Waals surface area contributed by atoms with Crippen molar-refractivity contribution in [3.63, 3.8) is 0 Å². The topological polar surface area (TPSA) is 37.6 Å². The standard InChI is InChI=1S/C38H53N3/c1-8-12-18-31-22-16-23-32(19-13-9-2)37(31)39-29(6)35-26-28(5)27-36(41-35)30(7)40-38-33(20-14-10-3)24-17-25-34(38)21-15-11-4/h16-17,22-27H,8-15,18-21H2,1-7H3. The molecule has 3 nitrogen and oxygen atoms in total. The fourth-order valence-electron chi connectivity index (χ4n) is 5.34. The molecular weight excluding hydrogens is 498 g/mol. The highest BCUT2D eigenvalue weighted by Crippen LogP contribution is 2.30. The van der Waals surface area contributed by atoms with Gasteiger partial charge in [-0.3, -0.25) is 9.98 Å². The minimum Gasteiger partial charge on any atom is -0.251 e. The van der Waals surface area contributed by atoms with Gasteiger partial charge in [-0.05, 0) is 112 Å². The fraction of sp³-hybridized carbons (Fsp3) is 0.500. The summed E-state index contributed by atoms with van der Waals surface area (Å²) >= 11 is 0. The van der Waals surface area contributed by atoms with E-state index in [2.05, 4.69) is 97.0 Å². The molecule has 2 aromatic carbocycles. The summed E-state index contributed by atoms with van der Waals surface area (Å²) in [6.07, 6.45) is 13.7. The lowest BCUT2D eigenvalue weighted by Gasteiger charge is -2.14. The minimum atomic E-state index is 0.937. The van der Waals surface area contributed by atoms with Gasteiger partial charge in [0.25, 0.3) is 0 Å². The average Bonchev–Trinajstić information content (AvgIpc) is 2.98. The van der Waals surface area contributed by atoms with Crippen molar-refractivity contribution in [1.29, 1.82) is 0 Å². The van der Waals surface area contributed by atoms with Crippen molar-refractivity contribution in [2.24, 2.45) is 9.98 Å². The number of aryl methyl sites for hydroxylation is 5. The third-order valence-electron chi connectivity index (χ3n) is 7.88. The first-order chi connectivity index (χ1) is 19.9. The number of pyridine rings is 1. The van der Waals surface area contributed by atoms with Gasteiger partial charge in [-0.25, -0.2) is 4.98 Å². The van der Waals surface area contributed by atoms with E-state index >= 15 is 0 Å². The lowest BCUT2D eigenvalue weighted by molar-refractivity contribution is 0.781. The first-order valence-electron chi connectivity index (χ1n) is 16.2. The first kappa shape index (κ1) is 32.4. The molecule has 0 radical (unpaired) electrons. The Bertz CT molecular complexity index is 1160. The summed E-state index contributed by atoms with van der Waals surface area (Å²) in [6.45, 7) is 15.4. The number of para-hydroxylation sites is 2. The normalized spacial score (nSPS) is 12.3. The molecule has 0 aliphatic rings. The summed E-state index contributed by atoms with van der Waals surface area (Å²) < 4.78 is 0. The Labute approximate surface area is 250 Å². The fourth-order valence-corrected chi connectivity index (χ4v) is 5.34. The largest absolute Gasteiger partial charge is 0.251 e. The number of benzene rings is 2. The van der Waals surface area contributed by atoms with E-state index in [4.69, 9.17) is 15.0 Å². The van der Waals surface area contributed by atoms with Crippen LogP contribution in [-0.4, -0.2) is 16.4 Å².